The zero-order valence-electron chi connectivity index (χ0n) is 13.8. The predicted molar refractivity (Wildman–Crippen MR) is 93.0 cm³/mol. The van der Waals surface area contributed by atoms with E-state index < -0.39 is 52.4 Å². The molecule has 1 fully saturated rings. The van der Waals surface area contributed by atoms with E-state index in [2.05, 4.69) is 13.8 Å². The zero-order chi connectivity index (χ0) is 22.3. The lowest BCUT2D eigenvalue weighted by Gasteiger charge is -2.24. The van der Waals surface area contributed by atoms with Gasteiger partial charge >= 0.3 is 34.1 Å². The molecule has 1 saturated heterocycles. The van der Waals surface area contributed by atoms with Crippen LogP contribution in [0.2, 0.25) is 0 Å². The minimum absolute atomic E-state index is 0.0318. The van der Waals surface area contributed by atoms with Crippen molar-refractivity contribution in [3.8, 4) is 0 Å². The first-order valence-corrected chi connectivity index (χ1v) is 12.9. The van der Waals surface area contributed by atoms with Gasteiger partial charge in [0.15, 0.2) is 0 Å². The summed E-state index contributed by atoms with van der Waals surface area (Å²) in [6.45, 7) is -0.826. The molecule has 1 aromatic heterocycles. The van der Waals surface area contributed by atoms with E-state index in [9.17, 15) is 32.2 Å². The van der Waals surface area contributed by atoms with Gasteiger partial charge in [0.1, 0.15) is 17.5 Å². The fraction of sp³-hybridized carbons (Fsp3) is 0.556. The van der Waals surface area contributed by atoms with Gasteiger partial charge in [0, 0.05) is 11.9 Å². The Morgan fingerprint density at radius 3 is 2.52 bits per heavy atom. The number of thioether (sulfide) groups is 1. The maximum atomic E-state index is 13.3. The highest BCUT2D eigenvalue weighted by Gasteiger charge is 2.67. The summed E-state index contributed by atoms with van der Waals surface area (Å²) in [6, 6.07) is 1.31. The van der Waals surface area contributed by atoms with Crippen molar-refractivity contribution in [3.05, 3.63) is 22.7 Å². The lowest BCUT2D eigenvalue weighted by Crippen LogP contribution is -2.28. The van der Waals surface area contributed by atoms with E-state index in [0.29, 0.717) is 0 Å². The number of hydrogen-bond acceptors (Lipinski definition) is 10. The topological polar surface area (TPSA) is 221 Å². The van der Waals surface area contributed by atoms with E-state index in [4.69, 9.17) is 25.2 Å². The Hall–Kier alpha value is -0.700. The predicted octanol–water partition coefficient (Wildman–Crippen LogP) is 0.461. The molecule has 0 aliphatic carbocycles. The van der Waals surface area contributed by atoms with E-state index >= 15 is 0 Å². The van der Waals surface area contributed by atoms with Crippen LogP contribution in [0.1, 0.15) is 6.23 Å². The molecule has 20 heteroatoms. The summed E-state index contributed by atoms with van der Waals surface area (Å²) < 4.78 is 74.4. The van der Waals surface area contributed by atoms with E-state index in [0.717, 1.165) is 16.3 Å². The summed E-state index contributed by atoms with van der Waals surface area (Å²) in [7, 11) is -18.8. The Labute approximate surface area is 164 Å². The van der Waals surface area contributed by atoms with Crippen LogP contribution in [0.25, 0.3) is 0 Å². The van der Waals surface area contributed by atoms with Gasteiger partial charge < -0.3 is 30.0 Å². The maximum absolute atomic E-state index is 13.3. The highest BCUT2D eigenvalue weighted by molar-refractivity contribution is 8.00. The second-order valence-electron chi connectivity index (χ2n) is 5.32. The van der Waals surface area contributed by atoms with Gasteiger partial charge in [0.25, 0.3) is 0 Å². The van der Waals surface area contributed by atoms with Crippen LogP contribution in [0.5, 0.6) is 0 Å². The zero-order valence-corrected chi connectivity index (χ0v) is 17.3. The molecular formula is C9H14F2N3O11P3S. The van der Waals surface area contributed by atoms with Gasteiger partial charge in [-0.1, -0.05) is 0 Å². The Morgan fingerprint density at radius 1 is 1.34 bits per heavy atom. The van der Waals surface area contributed by atoms with Crippen LogP contribution in [-0.2, 0) is 27.3 Å². The number of alkyl halides is 2. The number of nitrogens with two attached hydrogens (primary N) is 1. The third kappa shape index (κ3) is 5.71. The fourth-order valence-electron chi connectivity index (χ4n) is 1.85. The Bertz CT molecular complexity index is 970. The van der Waals surface area contributed by atoms with Crippen molar-refractivity contribution in [1.82, 2.24) is 9.55 Å². The Balaban J connectivity index is 1.99. The summed E-state index contributed by atoms with van der Waals surface area (Å²) in [5.74, 6) is 0.112. The van der Waals surface area contributed by atoms with Gasteiger partial charge in [-0.2, -0.15) is 13.8 Å². The SMILES string of the molecule is Nc1ccn([C@@H]2CS[C@H](COP(=O)(O)OP(=O)(O)C(F)(F)P(=O)(O)O)O2)c(=O)n1. The molecule has 29 heavy (non-hydrogen) atoms. The molecule has 2 rings (SSSR count). The average molecular weight is 503 g/mol. The molecule has 0 radical (unpaired) electrons. The van der Waals surface area contributed by atoms with Crippen molar-refractivity contribution in [2.75, 3.05) is 18.1 Å². The van der Waals surface area contributed by atoms with Gasteiger partial charge in [-0.3, -0.25) is 18.2 Å². The fourth-order valence-corrected chi connectivity index (χ4v) is 6.61. The second kappa shape index (κ2) is 8.44. The number of nitrogen functional groups attached to an aromatic ring is 1. The Morgan fingerprint density at radius 2 is 1.97 bits per heavy atom. The summed E-state index contributed by atoms with van der Waals surface area (Å²) in [5, 5.41) is -5.64. The van der Waals surface area contributed by atoms with E-state index in [1.54, 1.807) is 0 Å². The molecule has 0 aromatic carbocycles. The van der Waals surface area contributed by atoms with Gasteiger partial charge in [0.2, 0.25) is 0 Å². The monoisotopic (exact) mass is 503 g/mol. The van der Waals surface area contributed by atoms with Crippen LogP contribution in [0, 0.1) is 0 Å². The number of halogens is 2. The van der Waals surface area contributed by atoms with E-state index in [1.807, 2.05) is 0 Å². The van der Waals surface area contributed by atoms with Crippen LogP contribution in [0.15, 0.2) is 17.1 Å². The molecule has 0 bridgehead atoms. The summed E-state index contributed by atoms with van der Waals surface area (Å²) in [5.41, 5.74) is 3.57. The van der Waals surface area contributed by atoms with Crippen LogP contribution < -0.4 is 11.4 Å². The minimum atomic E-state index is -6.62. The third-order valence-electron chi connectivity index (χ3n) is 3.17. The molecule has 1 aliphatic heterocycles. The molecular weight excluding hydrogens is 489 g/mol. The molecule has 0 saturated carbocycles. The molecule has 1 aliphatic rings. The molecule has 14 nitrogen and oxygen atoms in total. The molecule has 2 heterocycles. The first-order chi connectivity index (χ1) is 13.1. The van der Waals surface area contributed by atoms with Crippen LogP contribution in [-0.4, -0.2) is 52.3 Å². The number of aromatic nitrogens is 2. The first-order valence-electron chi connectivity index (χ1n) is 7.12. The lowest BCUT2D eigenvalue weighted by molar-refractivity contribution is -0.00660. The van der Waals surface area contributed by atoms with Crippen molar-refractivity contribution >= 4 is 40.6 Å². The molecule has 0 amide bonds. The van der Waals surface area contributed by atoms with Crippen LogP contribution >= 0.6 is 34.8 Å². The normalized spacial score (nSPS) is 24.8. The minimum Gasteiger partial charge on any atom is -0.383 e. The standard InChI is InChI=1S/C9H14F2N3O11P3S/c10-9(11,26(16,17)18)27(19,20)25-28(21,22)23-3-7-24-6(4-29-7)14-2-1-5(12)13-8(14)15/h1-2,6-7H,3-4H2,(H,19,20)(H,21,22)(H2,12,13,15)(H2,16,17,18)/t6-,7+/m0/s1. The molecule has 0 spiro atoms. The van der Waals surface area contributed by atoms with Gasteiger partial charge in [0.05, 0.1) is 6.61 Å². The highest BCUT2D eigenvalue weighted by Crippen LogP contribution is 2.77. The molecule has 2 unspecified atom stereocenters. The number of hydrogen-bond donors (Lipinski definition) is 5. The van der Waals surface area contributed by atoms with Crippen molar-refractivity contribution in [3.63, 3.8) is 0 Å². The second-order valence-corrected chi connectivity index (χ2v) is 12.0. The smallest absolute Gasteiger partial charge is 0.383 e. The third-order valence-corrected chi connectivity index (χ3v) is 9.38. The van der Waals surface area contributed by atoms with Crippen molar-refractivity contribution in [2.45, 2.75) is 17.1 Å². The van der Waals surface area contributed by atoms with Gasteiger partial charge in [-0.25, -0.2) is 13.7 Å². The quantitative estimate of drug-likeness (QED) is 0.304. The Kier molecular flexibility index (Phi) is 7.15. The summed E-state index contributed by atoms with van der Waals surface area (Å²) in [6.07, 6.45) is 0.405. The molecule has 4 atom stereocenters. The number of phosphoric ester groups is 1. The van der Waals surface area contributed by atoms with Crippen molar-refractivity contribution in [2.24, 2.45) is 0 Å². The van der Waals surface area contributed by atoms with Gasteiger partial charge in [-0.05, 0) is 6.07 Å². The summed E-state index contributed by atoms with van der Waals surface area (Å²) >= 11 is 0.969. The number of anilines is 1. The van der Waals surface area contributed by atoms with Crippen LogP contribution in [0.3, 0.4) is 0 Å². The largest absolute Gasteiger partial charge is 0.479 e. The van der Waals surface area contributed by atoms with Crippen molar-refractivity contribution in [1.29, 1.82) is 0 Å². The van der Waals surface area contributed by atoms with E-state index in [-0.39, 0.29) is 11.6 Å². The maximum Gasteiger partial charge on any atom is 0.479 e. The molecule has 1 aromatic rings. The van der Waals surface area contributed by atoms with E-state index in [1.165, 1.54) is 12.3 Å². The molecule has 6 N–H and O–H groups in total. The highest BCUT2D eigenvalue weighted by atomic mass is 32.2. The first kappa shape index (κ1) is 24.6. The van der Waals surface area contributed by atoms with Crippen molar-refractivity contribution < 1.29 is 55.6 Å². The number of nitrogens with zero attached hydrogens (tertiary/aromatic N) is 2. The van der Waals surface area contributed by atoms with Crippen LogP contribution in [0.4, 0.5) is 14.6 Å². The average Bonchev–Trinajstić information content (AvgIpc) is 2.99. The number of phosphoric acid groups is 1. The molecule has 166 valence electrons. The lowest BCUT2D eigenvalue weighted by atomic mass is 10.5. The number of ether oxygens (including phenoxy) is 1. The van der Waals surface area contributed by atoms with Gasteiger partial charge in [-0.15, -0.1) is 11.8 Å². The number of rotatable bonds is 8. The summed E-state index contributed by atoms with van der Waals surface area (Å²) in [4.78, 5) is 50.5.